The van der Waals surface area contributed by atoms with Gasteiger partial charge in [0, 0.05) is 11.8 Å². The predicted molar refractivity (Wildman–Crippen MR) is 60.3 cm³/mol. The number of thioether (sulfide) groups is 1. The lowest BCUT2D eigenvalue weighted by atomic mass is 10.1. The maximum absolute atomic E-state index is 10.5. The highest BCUT2D eigenvalue weighted by Gasteiger charge is 2.20. The predicted octanol–water partition coefficient (Wildman–Crippen LogP) is 0.579. The van der Waals surface area contributed by atoms with E-state index < -0.39 is 0 Å². The summed E-state index contributed by atoms with van der Waals surface area (Å²) in [6.45, 7) is 4.49. The zero-order valence-electron chi connectivity index (χ0n) is 8.62. The summed E-state index contributed by atoms with van der Waals surface area (Å²) in [7, 11) is 0. The first-order valence-corrected chi connectivity index (χ1v) is 5.78. The molecule has 1 fully saturated rings. The van der Waals surface area contributed by atoms with Gasteiger partial charge in [0.05, 0.1) is 0 Å². The van der Waals surface area contributed by atoms with Gasteiger partial charge in [-0.1, -0.05) is 25.6 Å². The minimum Gasteiger partial charge on any atom is -0.368 e. The zero-order valence-corrected chi connectivity index (χ0v) is 9.43. The van der Waals surface area contributed by atoms with Gasteiger partial charge in [0.1, 0.15) is 6.54 Å². The fourth-order valence-electron chi connectivity index (χ4n) is 1.37. The van der Waals surface area contributed by atoms with Gasteiger partial charge in [-0.25, -0.2) is 0 Å². The highest BCUT2D eigenvalue weighted by molar-refractivity contribution is 8.14. The molecule has 5 heteroatoms. The first-order valence-electron chi connectivity index (χ1n) is 4.80. The molecule has 1 unspecified atom stereocenters. The van der Waals surface area contributed by atoms with Gasteiger partial charge < -0.3 is 11.1 Å². The topological polar surface area (TPSA) is 67.5 Å². The molecule has 14 heavy (non-hydrogen) atoms. The van der Waals surface area contributed by atoms with Crippen molar-refractivity contribution in [2.75, 3.05) is 12.3 Å². The third kappa shape index (κ3) is 4.00. The maximum Gasteiger partial charge on any atom is 0.239 e. The Labute approximate surface area is 88.7 Å². The molecule has 1 aliphatic heterocycles. The van der Waals surface area contributed by atoms with Crippen LogP contribution in [-0.2, 0) is 4.79 Å². The van der Waals surface area contributed by atoms with E-state index in [-0.39, 0.29) is 12.5 Å². The van der Waals surface area contributed by atoms with Crippen molar-refractivity contribution in [3.63, 3.8) is 0 Å². The number of aliphatic imine (C=N–C) groups is 1. The Bertz CT molecular complexity index is 240. The summed E-state index contributed by atoms with van der Waals surface area (Å²) in [5.41, 5.74) is 5.00. The van der Waals surface area contributed by atoms with Crippen molar-refractivity contribution in [3.8, 4) is 0 Å². The van der Waals surface area contributed by atoms with E-state index in [2.05, 4.69) is 24.2 Å². The smallest absolute Gasteiger partial charge is 0.239 e. The molecule has 0 aliphatic carbocycles. The quantitative estimate of drug-likeness (QED) is 0.721. The molecule has 0 spiro atoms. The SMILES string of the molecule is CC(C)CC1CSC(=NCC(N)=O)N1. The fourth-order valence-corrected chi connectivity index (χ4v) is 2.36. The summed E-state index contributed by atoms with van der Waals surface area (Å²) in [5.74, 6) is 1.34. The summed E-state index contributed by atoms with van der Waals surface area (Å²) in [5, 5.41) is 4.14. The number of hydrogen-bond donors (Lipinski definition) is 2. The summed E-state index contributed by atoms with van der Waals surface area (Å²) >= 11 is 1.67. The molecule has 1 heterocycles. The zero-order chi connectivity index (χ0) is 10.6. The number of nitrogens with one attached hydrogen (secondary N) is 1. The van der Waals surface area contributed by atoms with Crippen LogP contribution in [0.1, 0.15) is 20.3 Å². The van der Waals surface area contributed by atoms with E-state index in [0.717, 1.165) is 17.3 Å². The van der Waals surface area contributed by atoms with Crippen LogP contribution in [0.4, 0.5) is 0 Å². The number of primary amides is 1. The van der Waals surface area contributed by atoms with E-state index in [1.807, 2.05) is 0 Å². The number of carbonyl (C=O) groups excluding carboxylic acids is 1. The molecule has 0 bridgehead atoms. The second-order valence-electron chi connectivity index (χ2n) is 3.87. The number of hydrogen-bond acceptors (Lipinski definition) is 3. The Morgan fingerprint density at radius 2 is 2.50 bits per heavy atom. The van der Waals surface area contributed by atoms with Crippen molar-refractivity contribution in [1.29, 1.82) is 0 Å². The average Bonchev–Trinajstić information content (AvgIpc) is 2.47. The van der Waals surface area contributed by atoms with E-state index >= 15 is 0 Å². The largest absolute Gasteiger partial charge is 0.368 e. The van der Waals surface area contributed by atoms with Crippen LogP contribution < -0.4 is 11.1 Å². The van der Waals surface area contributed by atoms with Crippen molar-refractivity contribution < 1.29 is 4.79 Å². The van der Waals surface area contributed by atoms with Crippen LogP contribution in [0, 0.1) is 5.92 Å². The molecule has 0 saturated carbocycles. The minimum absolute atomic E-state index is 0.0870. The van der Waals surface area contributed by atoms with Crippen LogP contribution in [0.15, 0.2) is 4.99 Å². The lowest BCUT2D eigenvalue weighted by Gasteiger charge is -2.11. The summed E-state index contributed by atoms with van der Waals surface area (Å²) in [6, 6.07) is 0.492. The minimum atomic E-state index is -0.382. The van der Waals surface area contributed by atoms with Crippen LogP contribution >= 0.6 is 11.8 Å². The molecule has 1 aliphatic rings. The Morgan fingerprint density at radius 1 is 1.79 bits per heavy atom. The Kier molecular flexibility index (Phi) is 4.25. The van der Waals surface area contributed by atoms with Crippen molar-refractivity contribution in [1.82, 2.24) is 5.32 Å². The number of nitrogens with zero attached hydrogens (tertiary/aromatic N) is 1. The van der Waals surface area contributed by atoms with E-state index in [1.54, 1.807) is 11.8 Å². The summed E-state index contributed by atoms with van der Waals surface area (Å²) in [4.78, 5) is 14.6. The van der Waals surface area contributed by atoms with Crippen LogP contribution in [0.25, 0.3) is 0 Å². The van der Waals surface area contributed by atoms with Crippen molar-refractivity contribution >= 4 is 22.8 Å². The number of carbonyl (C=O) groups is 1. The van der Waals surface area contributed by atoms with Gasteiger partial charge in [-0.15, -0.1) is 0 Å². The maximum atomic E-state index is 10.5. The number of nitrogens with two attached hydrogens (primary N) is 1. The van der Waals surface area contributed by atoms with Gasteiger partial charge in [0.15, 0.2) is 5.17 Å². The standard InChI is InChI=1S/C9H17N3OS/c1-6(2)3-7-5-14-9(12-7)11-4-8(10)13/h6-7H,3-5H2,1-2H3,(H2,10,13)(H,11,12). The van der Waals surface area contributed by atoms with Crippen LogP contribution in [-0.4, -0.2) is 29.4 Å². The highest BCUT2D eigenvalue weighted by Crippen LogP contribution is 2.18. The van der Waals surface area contributed by atoms with E-state index in [0.29, 0.717) is 12.0 Å². The van der Waals surface area contributed by atoms with Gasteiger partial charge in [-0.2, -0.15) is 0 Å². The Morgan fingerprint density at radius 3 is 3.07 bits per heavy atom. The lowest BCUT2D eigenvalue weighted by molar-refractivity contribution is -0.116. The molecule has 1 atom stereocenters. The third-order valence-electron chi connectivity index (χ3n) is 1.88. The van der Waals surface area contributed by atoms with E-state index in [9.17, 15) is 4.79 Å². The average molecular weight is 215 g/mol. The molecule has 0 radical (unpaired) electrons. The first-order chi connectivity index (χ1) is 6.58. The van der Waals surface area contributed by atoms with Gasteiger partial charge in [-0.05, 0) is 12.3 Å². The van der Waals surface area contributed by atoms with Crippen LogP contribution in [0.5, 0.6) is 0 Å². The molecule has 0 aromatic rings. The van der Waals surface area contributed by atoms with Crippen molar-refractivity contribution in [2.24, 2.45) is 16.6 Å². The highest BCUT2D eigenvalue weighted by atomic mass is 32.2. The van der Waals surface area contributed by atoms with E-state index in [1.165, 1.54) is 0 Å². The molecule has 1 amide bonds. The molecular formula is C9H17N3OS. The molecule has 1 saturated heterocycles. The number of amides is 1. The molecule has 80 valence electrons. The first kappa shape index (κ1) is 11.4. The Balaban J connectivity index is 2.33. The van der Waals surface area contributed by atoms with Crippen LogP contribution in [0.2, 0.25) is 0 Å². The lowest BCUT2D eigenvalue weighted by Crippen LogP contribution is -2.29. The number of amidine groups is 1. The van der Waals surface area contributed by atoms with Crippen molar-refractivity contribution in [3.05, 3.63) is 0 Å². The second-order valence-corrected chi connectivity index (χ2v) is 4.88. The third-order valence-corrected chi connectivity index (χ3v) is 2.97. The molecule has 1 rings (SSSR count). The molecule has 0 aromatic carbocycles. The van der Waals surface area contributed by atoms with Gasteiger partial charge in [0.2, 0.25) is 5.91 Å². The summed E-state index contributed by atoms with van der Waals surface area (Å²) < 4.78 is 0. The molecule has 3 N–H and O–H groups in total. The van der Waals surface area contributed by atoms with Crippen molar-refractivity contribution in [2.45, 2.75) is 26.3 Å². The molecule has 4 nitrogen and oxygen atoms in total. The van der Waals surface area contributed by atoms with Gasteiger partial charge in [-0.3, -0.25) is 9.79 Å². The number of rotatable bonds is 4. The Hall–Kier alpha value is -0.710. The summed E-state index contributed by atoms with van der Waals surface area (Å²) in [6.07, 6.45) is 1.14. The normalized spacial score (nSPS) is 24.2. The van der Waals surface area contributed by atoms with Gasteiger partial charge >= 0.3 is 0 Å². The van der Waals surface area contributed by atoms with Gasteiger partial charge in [0.25, 0.3) is 0 Å². The second kappa shape index (κ2) is 5.24. The van der Waals surface area contributed by atoms with E-state index in [4.69, 9.17) is 5.73 Å². The fraction of sp³-hybridized carbons (Fsp3) is 0.778. The monoisotopic (exact) mass is 215 g/mol. The molecule has 0 aromatic heterocycles. The van der Waals surface area contributed by atoms with Crippen LogP contribution in [0.3, 0.4) is 0 Å². The molecular weight excluding hydrogens is 198 g/mol.